The van der Waals surface area contributed by atoms with E-state index in [1.165, 1.54) is 12.2 Å². The number of carbonyl (C=O) groups is 1. The van der Waals surface area contributed by atoms with Crippen LogP contribution < -0.4 is 0 Å². The Bertz CT molecular complexity index is 939. The lowest BCUT2D eigenvalue weighted by molar-refractivity contribution is -0.154. The Labute approximate surface area is 191 Å². The number of ether oxygens (including phenoxy) is 1. The molecule has 2 atom stereocenters. The Hall–Kier alpha value is -1.98. The van der Waals surface area contributed by atoms with Crippen molar-refractivity contribution in [3.8, 4) is 0 Å². The van der Waals surface area contributed by atoms with Crippen molar-refractivity contribution in [1.29, 1.82) is 0 Å². The van der Waals surface area contributed by atoms with Gasteiger partial charge in [0.1, 0.15) is 11.3 Å². The van der Waals surface area contributed by atoms with E-state index in [0.29, 0.717) is 12.2 Å². The molecule has 0 bridgehead atoms. The first kappa shape index (κ1) is 26.3. The first-order valence-electron chi connectivity index (χ1n) is 11.0. The quantitative estimate of drug-likeness (QED) is 0.360. The van der Waals surface area contributed by atoms with Crippen LogP contribution in [0.4, 0.5) is 0 Å². The smallest absolute Gasteiger partial charge is 0.319 e. The topological polar surface area (TPSA) is 91.5 Å². The highest BCUT2D eigenvalue weighted by Gasteiger charge is 2.40. The van der Waals surface area contributed by atoms with Gasteiger partial charge in [0.2, 0.25) is 13.3 Å². The number of rotatable bonds is 9. The van der Waals surface area contributed by atoms with Crippen LogP contribution in [0.5, 0.6) is 0 Å². The van der Waals surface area contributed by atoms with Gasteiger partial charge in [-0.05, 0) is 50.7 Å². The van der Waals surface area contributed by atoms with Crippen molar-refractivity contribution in [3.63, 3.8) is 0 Å². The molecule has 0 spiro atoms. The lowest BCUT2D eigenvalue weighted by Gasteiger charge is -2.26. The SMILES string of the molecule is CCOP(C)(=O)C(Cc1nc(Cc2ccc(CC(C)(C)C)cc2)no1)C(=O)OC(C)(C)C. The summed E-state index contributed by atoms with van der Waals surface area (Å²) in [7, 11) is -3.29. The van der Waals surface area contributed by atoms with Gasteiger partial charge in [-0.15, -0.1) is 0 Å². The van der Waals surface area contributed by atoms with E-state index in [2.05, 4.69) is 55.2 Å². The fraction of sp³-hybridized carbons (Fsp3) is 0.625. The molecule has 178 valence electrons. The lowest BCUT2D eigenvalue weighted by Crippen LogP contribution is -2.33. The van der Waals surface area contributed by atoms with Crippen LogP contribution in [0.1, 0.15) is 71.3 Å². The van der Waals surface area contributed by atoms with Gasteiger partial charge in [-0.25, -0.2) is 0 Å². The molecule has 0 fully saturated rings. The lowest BCUT2D eigenvalue weighted by atomic mass is 9.88. The van der Waals surface area contributed by atoms with Crippen LogP contribution in [0.2, 0.25) is 0 Å². The average molecular weight is 465 g/mol. The molecule has 0 aliphatic heterocycles. The second kappa shape index (κ2) is 10.3. The van der Waals surface area contributed by atoms with Crippen molar-refractivity contribution in [1.82, 2.24) is 10.1 Å². The standard InChI is InChI=1S/C24H37N2O5P/c1-9-29-32(8,28)19(22(27)30-24(5,6)7)15-21-25-20(26-31-21)14-17-10-12-18(13-11-17)16-23(2,3)4/h10-13,19H,9,14-16H2,1-8H3. The molecule has 0 saturated carbocycles. The van der Waals surface area contributed by atoms with E-state index in [1.807, 2.05) is 0 Å². The van der Waals surface area contributed by atoms with Crippen LogP contribution in [0.3, 0.4) is 0 Å². The highest BCUT2D eigenvalue weighted by Crippen LogP contribution is 2.50. The van der Waals surface area contributed by atoms with Crippen molar-refractivity contribution in [2.45, 2.75) is 79.0 Å². The minimum absolute atomic E-state index is 0.000210. The number of hydrogen-bond donors (Lipinski definition) is 0. The number of hydrogen-bond acceptors (Lipinski definition) is 7. The van der Waals surface area contributed by atoms with E-state index in [0.717, 1.165) is 12.0 Å². The van der Waals surface area contributed by atoms with Crippen LogP contribution in [0, 0.1) is 5.41 Å². The van der Waals surface area contributed by atoms with E-state index < -0.39 is 24.6 Å². The zero-order valence-electron chi connectivity index (χ0n) is 20.6. The number of esters is 1. The van der Waals surface area contributed by atoms with Crippen LogP contribution in [0.15, 0.2) is 28.8 Å². The highest BCUT2D eigenvalue weighted by atomic mass is 31.2. The van der Waals surface area contributed by atoms with E-state index in [1.54, 1.807) is 27.7 Å². The summed E-state index contributed by atoms with van der Waals surface area (Å²) in [5.41, 5.74) is 0.862. The third kappa shape index (κ3) is 8.51. The van der Waals surface area contributed by atoms with Crippen LogP contribution in [0.25, 0.3) is 0 Å². The molecule has 8 heteroatoms. The Morgan fingerprint density at radius 2 is 1.69 bits per heavy atom. The number of carbonyl (C=O) groups excluding carboxylic acids is 1. The van der Waals surface area contributed by atoms with Gasteiger partial charge in [0, 0.05) is 19.5 Å². The zero-order valence-corrected chi connectivity index (χ0v) is 21.5. The van der Waals surface area contributed by atoms with Gasteiger partial charge in [0.05, 0.1) is 6.61 Å². The molecular weight excluding hydrogens is 427 g/mol. The fourth-order valence-electron chi connectivity index (χ4n) is 3.34. The molecule has 0 saturated heterocycles. The highest BCUT2D eigenvalue weighted by molar-refractivity contribution is 7.60. The maximum atomic E-state index is 13.1. The van der Waals surface area contributed by atoms with E-state index >= 15 is 0 Å². The first-order valence-corrected chi connectivity index (χ1v) is 13.2. The summed E-state index contributed by atoms with van der Waals surface area (Å²) < 4.78 is 29.3. The molecule has 2 unspecified atom stereocenters. The average Bonchev–Trinajstić information content (AvgIpc) is 3.05. The molecule has 7 nitrogen and oxygen atoms in total. The molecule has 1 heterocycles. The Morgan fingerprint density at radius 3 is 2.22 bits per heavy atom. The molecule has 1 aromatic carbocycles. The van der Waals surface area contributed by atoms with Crippen LogP contribution in [-0.4, -0.2) is 40.6 Å². The summed E-state index contributed by atoms with van der Waals surface area (Å²) in [6, 6.07) is 8.37. The molecule has 0 radical (unpaired) electrons. The van der Waals surface area contributed by atoms with Gasteiger partial charge in [-0.1, -0.05) is 50.2 Å². The Morgan fingerprint density at radius 1 is 1.09 bits per heavy atom. The third-order valence-corrected chi connectivity index (χ3v) is 6.92. The normalized spacial score (nSPS) is 15.2. The minimum atomic E-state index is -3.29. The minimum Gasteiger partial charge on any atom is -0.459 e. The van der Waals surface area contributed by atoms with E-state index in [9.17, 15) is 9.36 Å². The maximum Gasteiger partial charge on any atom is 0.319 e. The molecule has 2 rings (SSSR count). The Kier molecular flexibility index (Phi) is 8.46. The van der Waals surface area contributed by atoms with E-state index in [4.69, 9.17) is 13.8 Å². The van der Waals surface area contributed by atoms with Gasteiger partial charge in [-0.3, -0.25) is 9.36 Å². The molecular formula is C24H37N2O5P. The summed E-state index contributed by atoms with van der Waals surface area (Å²) in [4.78, 5) is 17.2. The summed E-state index contributed by atoms with van der Waals surface area (Å²) in [5, 5.41) is 4.04. The predicted molar refractivity (Wildman–Crippen MR) is 125 cm³/mol. The molecule has 0 aliphatic rings. The fourth-order valence-corrected chi connectivity index (χ4v) is 4.95. The van der Waals surface area contributed by atoms with Crippen molar-refractivity contribution in [2.24, 2.45) is 5.41 Å². The van der Waals surface area contributed by atoms with Crippen molar-refractivity contribution < 1.29 is 23.1 Å². The summed E-state index contributed by atoms with van der Waals surface area (Å²) >= 11 is 0. The summed E-state index contributed by atoms with van der Waals surface area (Å²) in [6.07, 6.45) is 1.51. The molecule has 32 heavy (non-hydrogen) atoms. The predicted octanol–water partition coefficient (Wildman–Crippen LogP) is 5.45. The van der Waals surface area contributed by atoms with Gasteiger partial charge in [0.15, 0.2) is 5.82 Å². The van der Waals surface area contributed by atoms with Crippen LogP contribution >= 0.6 is 7.37 Å². The van der Waals surface area contributed by atoms with Gasteiger partial charge < -0.3 is 13.8 Å². The second-order valence-electron chi connectivity index (χ2n) is 10.4. The maximum absolute atomic E-state index is 13.1. The van der Waals surface area contributed by atoms with Crippen molar-refractivity contribution in [2.75, 3.05) is 13.3 Å². The Balaban J connectivity index is 2.12. The van der Waals surface area contributed by atoms with Gasteiger partial charge >= 0.3 is 5.97 Å². The molecule has 0 N–H and O–H groups in total. The summed E-state index contributed by atoms with van der Waals surface area (Å²) in [5.74, 6) is 0.154. The summed E-state index contributed by atoms with van der Waals surface area (Å²) in [6.45, 7) is 15.4. The van der Waals surface area contributed by atoms with Crippen LogP contribution in [-0.2, 0) is 37.9 Å². The molecule has 0 amide bonds. The zero-order chi connectivity index (χ0) is 24.2. The first-order chi connectivity index (χ1) is 14.7. The van der Waals surface area contributed by atoms with Crippen molar-refractivity contribution in [3.05, 3.63) is 47.1 Å². The van der Waals surface area contributed by atoms with Gasteiger partial charge in [-0.2, -0.15) is 4.98 Å². The number of benzene rings is 1. The number of aromatic nitrogens is 2. The number of nitrogens with zero attached hydrogens (tertiary/aromatic N) is 2. The third-order valence-electron chi connectivity index (χ3n) is 4.63. The molecule has 1 aromatic heterocycles. The van der Waals surface area contributed by atoms with Gasteiger partial charge in [0.25, 0.3) is 0 Å². The largest absolute Gasteiger partial charge is 0.459 e. The molecule has 2 aromatic rings. The van der Waals surface area contributed by atoms with Crippen molar-refractivity contribution >= 4 is 13.3 Å². The second-order valence-corrected chi connectivity index (χ2v) is 13.1. The molecule has 0 aliphatic carbocycles. The monoisotopic (exact) mass is 464 g/mol. The van der Waals surface area contributed by atoms with E-state index in [-0.39, 0.29) is 24.3 Å².